The summed E-state index contributed by atoms with van der Waals surface area (Å²) in [5, 5.41) is 8.73. The number of carbonyl (C=O) groups excluding carboxylic acids is 1. The van der Waals surface area contributed by atoms with Gasteiger partial charge in [0.05, 0.1) is 12.3 Å². The van der Waals surface area contributed by atoms with E-state index in [9.17, 15) is 9.18 Å². The molecule has 0 saturated heterocycles. The summed E-state index contributed by atoms with van der Waals surface area (Å²) in [4.78, 5) is 12.6. The molecule has 4 heteroatoms. The van der Waals surface area contributed by atoms with Crippen LogP contribution in [-0.4, -0.2) is 24.7 Å². The Hall–Kier alpha value is -1.68. The van der Waals surface area contributed by atoms with Crippen molar-refractivity contribution < 1.29 is 14.3 Å². The molecule has 0 fully saturated rings. The number of hydrogen-bond acceptors (Lipinski definition) is 2. The Bertz CT molecular complexity index is 390. The number of benzene rings is 1. The maximum Gasteiger partial charge on any atom is 0.255 e. The van der Waals surface area contributed by atoms with Crippen LogP contribution in [0.1, 0.15) is 0 Å². The number of aliphatic hydroxyl groups excluding tert-OH is 1. The van der Waals surface area contributed by atoms with E-state index in [0.29, 0.717) is 0 Å². The van der Waals surface area contributed by atoms with Crippen molar-refractivity contribution in [3.63, 3.8) is 0 Å². The van der Waals surface area contributed by atoms with Crippen molar-refractivity contribution in [2.24, 2.45) is 0 Å². The second kappa shape index (κ2) is 4.70. The Morgan fingerprint density at radius 1 is 1.53 bits per heavy atom. The predicted molar refractivity (Wildman–Crippen MR) is 56.0 cm³/mol. The lowest BCUT2D eigenvalue weighted by molar-refractivity contribution is -0.115. The minimum atomic E-state index is -0.498. The van der Waals surface area contributed by atoms with Crippen LogP contribution in [0.15, 0.2) is 36.4 Å². The van der Waals surface area contributed by atoms with Crippen molar-refractivity contribution in [3.05, 3.63) is 42.2 Å². The lowest BCUT2D eigenvalue weighted by atomic mass is 10.2. The minimum absolute atomic E-state index is 0.0285. The first-order chi connectivity index (χ1) is 7.07. The number of halogens is 1. The molecule has 0 aliphatic carbocycles. The molecule has 1 N–H and O–H groups in total. The van der Waals surface area contributed by atoms with E-state index < -0.39 is 18.3 Å². The molecule has 1 aromatic rings. The van der Waals surface area contributed by atoms with E-state index in [-0.39, 0.29) is 11.3 Å². The normalized spacial score (nSPS) is 9.80. The molecule has 1 amide bonds. The third-order valence-corrected chi connectivity index (χ3v) is 2.01. The largest absolute Gasteiger partial charge is 0.391 e. The summed E-state index contributed by atoms with van der Waals surface area (Å²) in [7, 11) is 1.43. The van der Waals surface area contributed by atoms with E-state index in [1.807, 2.05) is 0 Å². The molecule has 15 heavy (non-hydrogen) atoms. The first kappa shape index (κ1) is 11.4. The first-order valence-corrected chi connectivity index (χ1v) is 4.39. The standard InChI is InChI=1S/C11H12FNO2/c1-8(7-14)11(15)13(2)10-6-4-3-5-9(10)12/h3-6,14H,1,7H2,2H3. The van der Waals surface area contributed by atoms with E-state index in [2.05, 4.69) is 6.58 Å². The number of likely N-dealkylation sites (N-methyl/N-ethyl adjacent to an activating group) is 1. The van der Waals surface area contributed by atoms with Gasteiger partial charge in [-0.3, -0.25) is 4.79 Å². The average molecular weight is 209 g/mol. The molecule has 0 aliphatic rings. The van der Waals surface area contributed by atoms with Crippen LogP contribution in [0.4, 0.5) is 10.1 Å². The molecule has 3 nitrogen and oxygen atoms in total. The van der Waals surface area contributed by atoms with Crippen LogP contribution in [0.5, 0.6) is 0 Å². The van der Waals surface area contributed by atoms with E-state index in [4.69, 9.17) is 5.11 Å². The highest BCUT2D eigenvalue weighted by Crippen LogP contribution is 2.18. The van der Waals surface area contributed by atoms with E-state index in [0.717, 1.165) is 4.90 Å². The van der Waals surface area contributed by atoms with Crippen LogP contribution in [0.3, 0.4) is 0 Å². The summed E-state index contributed by atoms with van der Waals surface area (Å²) < 4.78 is 13.3. The zero-order valence-electron chi connectivity index (χ0n) is 8.40. The predicted octanol–water partition coefficient (Wildman–Crippen LogP) is 1.34. The van der Waals surface area contributed by atoms with Gasteiger partial charge in [-0.2, -0.15) is 0 Å². The van der Waals surface area contributed by atoms with Gasteiger partial charge in [0.15, 0.2) is 0 Å². The molecule has 1 aromatic carbocycles. The van der Waals surface area contributed by atoms with Crippen molar-refractivity contribution in [1.82, 2.24) is 0 Å². The maximum atomic E-state index is 13.3. The fraction of sp³-hybridized carbons (Fsp3) is 0.182. The van der Waals surface area contributed by atoms with E-state index >= 15 is 0 Å². The zero-order chi connectivity index (χ0) is 11.4. The van der Waals surface area contributed by atoms with Gasteiger partial charge in [-0.25, -0.2) is 4.39 Å². The van der Waals surface area contributed by atoms with Crippen molar-refractivity contribution >= 4 is 11.6 Å². The van der Waals surface area contributed by atoms with E-state index in [1.165, 1.54) is 25.2 Å². The van der Waals surface area contributed by atoms with Gasteiger partial charge in [0.2, 0.25) is 0 Å². The van der Waals surface area contributed by atoms with Gasteiger partial charge in [0, 0.05) is 12.6 Å². The Balaban J connectivity index is 2.95. The van der Waals surface area contributed by atoms with E-state index in [1.54, 1.807) is 6.07 Å². The highest BCUT2D eigenvalue weighted by molar-refractivity contribution is 6.04. The zero-order valence-corrected chi connectivity index (χ0v) is 8.40. The van der Waals surface area contributed by atoms with Gasteiger partial charge in [-0.05, 0) is 12.1 Å². The van der Waals surface area contributed by atoms with Crippen LogP contribution in [-0.2, 0) is 4.79 Å². The third-order valence-electron chi connectivity index (χ3n) is 2.01. The lowest BCUT2D eigenvalue weighted by Gasteiger charge is -2.18. The van der Waals surface area contributed by atoms with Crippen LogP contribution in [0.25, 0.3) is 0 Å². The Labute approximate surface area is 87.4 Å². The molecular weight excluding hydrogens is 197 g/mol. The number of rotatable bonds is 3. The number of para-hydroxylation sites is 1. The molecule has 0 saturated carbocycles. The summed E-state index contributed by atoms with van der Waals surface area (Å²) in [6.45, 7) is 2.95. The Morgan fingerprint density at radius 2 is 2.13 bits per heavy atom. The summed E-state index contributed by atoms with van der Waals surface area (Å²) in [5.74, 6) is -0.985. The van der Waals surface area contributed by atoms with Crippen molar-refractivity contribution in [3.8, 4) is 0 Å². The summed E-state index contributed by atoms with van der Waals surface area (Å²) in [5.41, 5.74) is 0.192. The second-order valence-electron chi connectivity index (χ2n) is 3.08. The average Bonchev–Trinajstić information content (AvgIpc) is 2.26. The monoisotopic (exact) mass is 209 g/mol. The molecule has 1 rings (SSSR count). The van der Waals surface area contributed by atoms with Gasteiger partial charge < -0.3 is 10.0 Å². The number of carbonyl (C=O) groups is 1. The number of amides is 1. The quantitative estimate of drug-likeness (QED) is 0.763. The Morgan fingerprint density at radius 3 is 2.67 bits per heavy atom. The van der Waals surface area contributed by atoms with Crippen LogP contribution in [0, 0.1) is 5.82 Å². The molecule has 0 radical (unpaired) electrons. The molecule has 0 aromatic heterocycles. The van der Waals surface area contributed by atoms with Crippen molar-refractivity contribution in [2.75, 3.05) is 18.6 Å². The lowest BCUT2D eigenvalue weighted by Crippen LogP contribution is -2.29. The minimum Gasteiger partial charge on any atom is -0.391 e. The highest BCUT2D eigenvalue weighted by Gasteiger charge is 2.16. The molecule has 0 heterocycles. The number of aliphatic hydroxyl groups is 1. The van der Waals surface area contributed by atoms with Gasteiger partial charge >= 0.3 is 0 Å². The molecule has 0 bridgehead atoms. The topological polar surface area (TPSA) is 40.5 Å². The number of nitrogens with zero attached hydrogens (tertiary/aromatic N) is 1. The fourth-order valence-corrected chi connectivity index (χ4v) is 1.14. The van der Waals surface area contributed by atoms with Crippen LogP contribution in [0.2, 0.25) is 0 Å². The third kappa shape index (κ3) is 2.41. The van der Waals surface area contributed by atoms with Crippen molar-refractivity contribution in [1.29, 1.82) is 0 Å². The number of hydrogen-bond donors (Lipinski definition) is 1. The molecule has 80 valence electrons. The van der Waals surface area contributed by atoms with Gasteiger partial charge in [0.1, 0.15) is 5.82 Å². The van der Waals surface area contributed by atoms with Gasteiger partial charge in [-0.15, -0.1) is 0 Å². The fourth-order valence-electron chi connectivity index (χ4n) is 1.14. The first-order valence-electron chi connectivity index (χ1n) is 4.39. The van der Waals surface area contributed by atoms with Crippen LogP contribution >= 0.6 is 0 Å². The summed E-state index contributed by atoms with van der Waals surface area (Å²) >= 11 is 0. The Kier molecular flexibility index (Phi) is 3.57. The summed E-state index contributed by atoms with van der Waals surface area (Å²) in [6.07, 6.45) is 0. The van der Waals surface area contributed by atoms with Crippen LogP contribution < -0.4 is 4.90 Å². The van der Waals surface area contributed by atoms with Gasteiger partial charge in [0.25, 0.3) is 5.91 Å². The molecule has 0 unspecified atom stereocenters. The highest BCUT2D eigenvalue weighted by atomic mass is 19.1. The molecule has 0 aliphatic heterocycles. The van der Waals surface area contributed by atoms with Gasteiger partial charge in [-0.1, -0.05) is 18.7 Å². The summed E-state index contributed by atoms with van der Waals surface area (Å²) in [6, 6.07) is 5.92. The number of anilines is 1. The maximum absolute atomic E-state index is 13.3. The smallest absolute Gasteiger partial charge is 0.255 e. The van der Waals surface area contributed by atoms with Crippen molar-refractivity contribution in [2.45, 2.75) is 0 Å². The molecule has 0 atom stereocenters. The second-order valence-corrected chi connectivity index (χ2v) is 3.08. The molecular formula is C11H12FNO2. The SMILES string of the molecule is C=C(CO)C(=O)N(C)c1ccccc1F. The molecule has 0 spiro atoms.